The first kappa shape index (κ1) is 29.3. The van der Waals surface area contributed by atoms with Crippen molar-refractivity contribution in [3.8, 4) is 34.1 Å². The van der Waals surface area contributed by atoms with Crippen LogP contribution >= 0.6 is 0 Å². The molecule has 0 bridgehead atoms. The summed E-state index contributed by atoms with van der Waals surface area (Å²) >= 11 is 0. The van der Waals surface area contributed by atoms with Gasteiger partial charge in [0.2, 0.25) is 5.91 Å². The highest BCUT2D eigenvalue weighted by atomic mass is 16.3. The fourth-order valence-electron chi connectivity index (χ4n) is 5.38. The van der Waals surface area contributed by atoms with Crippen molar-refractivity contribution in [3.63, 3.8) is 0 Å². The highest BCUT2D eigenvalue weighted by molar-refractivity contribution is 5.98. The summed E-state index contributed by atoms with van der Waals surface area (Å²) in [5.74, 6) is -0.957. The van der Waals surface area contributed by atoms with E-state index in [9.17, 15) is 14.7 Å². The Bertz CT molecular complexity index is 1980. The van der Waals surface area contributed by atoms with Crippen molar-refractivity contribution in [2.75, 3.05) is 0 Å². The predicted octanol–water partition coefficient (Wildman–Crippen LogP) is 6.24. The molecule has 0 aliphatic carbocycles. The third-order valence-corrected chi connectivity index (χ3v) is 7.77. The van der Waals surface area contributed by atoms with Gasteiger partial charge in [-0.15, -0.1) is 0 Å². The largest absolute Gasteiger partial charge is 0.508 e. The average molecular weight is 596 g/mol. The number of nitrogens with two attached hydrogens (primary N) is 1. The number of rotatable bonds is 10. The van der Waals surface area contributed by atoms with E-state index in [1.807, 2.05) is 53.3 Å². The van der Waals surface area contributed by atoms with Crippen molar-refractivity contribution in [3.05, 3.63) is 132 Å². The van der Waals surface area contributed by atoms with Crippen LogP contribution in [0.2, 0.25) is 0 Å². The van der Waals surface area contributed by atoms with E-state index in [2.05, 4.69) is 36.5 Å². The van der Waals surface area contributed by atoms with Crippen LogP contribution in [0.3, 0.4) is 0 Å². The predicted molar refractivity (Wildman–Crippen MR) is 176 cm³/mol. The molecule has 0 saturated carbocycles. The molecule has 2 amide bonds. The van der Waals surface area contributed by atoms with Gasteiger partial charge in [0.15, 0.2) is 0 Å². The SMILES string of the molecule is CCCc1ccc(-n2nc(-c3cc4ccccc4cn3)cc2-c2cccc(C(=O)N[C@@H](Cc3ccc(O)cc3)C(N)=O)c2)cc1. The lowest BCUT2D eigenvalue weighted by molar-refractivity contribution is -0.119. The smallest absolute Gasteiger partial charge is 0.251 e. The second-order valence-corrected chi connectivity index (χ2v) is 11.0. The zero-order chi connectivity index (χ0) is 31.3. The Morgan fingerprint density at radius 2 is 1.58 bits per heavy atom. The molecule has 0 unspecified atom stereocenters. The molecule has 0 saturated heterocycles. The maximum Gasteiger partial charge on any atom is 0.251 e. The summed E-state index contributed by atoms with van der Waals surface area (Å²) in [6.07, 6.45) is 4.10. The molecule has 8 heteroatoms. The van der Waals surface area contributed by atoms with Gasteiger partial charge in [0, 0.05) is 29.1 Å². The Balaban J connectivity index is 1.35. The molecule has 45 heavy (non-hydrogen) atoms. The van der Waals surface area contributed by atoms with Crippen molar-refractivity contribution >= 4 is 22.6 Å². The number of nitrogens with zero attached hydrogens (tertiary/aromatic N) is 3. The van der Waals surface area contributed by atoms with E-state index in [1.54, 1.807) is 30.3 Å². The molecule has 0 fully saturated rings. The lowest BCUT2D eigenvalue weighted by Crippen LogP contribution is -2.45. The number of aromatic hydroxyl groups is 1. The van der Waals surface area contributed by atoms with E-state index >= 15 is 0 Å². The Morgan fingerprint density at radius 3 is 2.31 bits per heavy atom. The molecule has 0 aliphatic rings. The topological polar surface area (TPSA) is 123 Å². The Morgan fingerprint density at radius 1 is 0.844 bits per heavy atom. The highest BCUT2D eigenvalue weighted by Gasteiger charge is 2.21. The number of phenols is 1. The van der Waals surface area contributed by atoms with Gasteiger partial charge in [-0.1, -0.05) is 74.0 Å². The number of hydrogen-bond donors (Lipinski definition) is 3. The summed E-state index contributed by atoms with van der Waals surface area (Å²) in [6.45, 7) is 2.16. The zero-order valence-electron chi connectivity index (χ0n) is 24.9. The first-order valence-corrected chi connectivity index (χ1v) is 14.9. The van der Waals surface area contributed by atoms with Gasteiger partial charge in [-0.05, 0) is 71.5 Å². The van der Waals surface area contributed by atoms with Gasteiger partial charge in [-0.25, -0.2) is 4.68 Å². The van der Waals surface area contributed by atoms with Crippen molar-refractivity contribution in [1.82, 2.24) is 20.1 Å². The number of nitrogens with one attached hydrogen (secondary N) is 1. The summed E-state index contributed by atoms with van der Waals surface area (Å²) in [5, 5.41) is 19.5. The van der Waals surface area contributed by atoms with Gasteiger partial charge in [0.1, 0.15) is 17.5 Å². The molecule has 4 aromatic carbocycles. The van der Waals surface area contributed by atoms with E-state index in [4.69, 9.17) is 15.8 Å². The number of aromatic nitrogens is 3. The number of amides is 2. The summed E-state index contributed by atoms with van der Waals surface area (Å²) in [6, 6.07) is 33.1. The number of hydrogen-bond acceptors (Lipinski definition) is 5. The minimum Gasteiger partial charge on any atom is -0.508 e. The van der Waals surface area contributed by atoms with Crippen LogP contribution in [0.15, 0.2) is 115 Å². The summed E-state index contributed by atoms with van der Waals surface area (Å²) in [4.78, 5) is 30.3. The molecule has 1 atom stereocenters. The van der Waals surface area contributed by atoms with Crippen LogP contribution in [0.5, 0.6) is 5.75 Å². The molecule has 4 N–H and O–H groups in total. The van der Waals surface area contributed by atoms with Gasteiger partial charge in [0.05, 0.1) is 17.1 Å². The Labute approximate surface area is 261 Å². The van der Waals surface area contributed by atoms with Crippen molar-refractivity contribution in [2.45, 2.75) is 32.2 Å². The molecule has 6 rings (SSSR count). The zero-order valence-corrected chi connectivity index (χ0v) is 24.9. The first-order valence-electron chi connectivity index (χ1n) is 14.9. The summed E-state index contributed by atoms with van der Waals surface area (Å²) in [7, 11) is 0. The van der Waals surface area contributed by atoms with E-state index in [-0.39, 0.29) is 12.2 Å². The van der Waals surface area contributed by atoms with Crippen LogP contribution in [0.1, 0.15) is 34.8 Å². The third-order valence-electron chi connectivity index (χ3n) is 7.77. The molecule has 0 spiro atoms. The second kappa shape index (κ2) is 12.9. The molecule has 224 valence electrons. The number of fused-ring (bicyclic) bond motifs is 1. The van der Waals surface area contributed by atoms with Crippen molar-refractivity contribution in [1.29, 1.82) is 0 Å². The van der Waals surface area contributed by atoms with E-state index < -0.39 is 17.9 Å². The first-order chi connectivity index (χ1) is 21.9. The molecular weight excluding hydrogens is 562 g/mol. The van der Waals surface area contributed by atoms with E-state index in [1.165, 1.54) is 17.7 Å². The molecule has 8 nitrogen and oxygen atoms in total. The lowest BCUT2D eigenvalue weighted by Gasteiger charge is -2.16. The maximum atomic E-state index is 13.4. The number of carbonyl (C=O) groups is 2. The lowest BCUT2D eigenvalue weighted by atomic mass is 10.0. The fourth-order valence-corrected chi connectivity index (χ4v) is 5.38. The number of phenolic OH excluding ortho intramolecular Hbond substituents is 1. The summed E-state index contributed by atoms with van der Waals surface area (Å²) < 4.78 is 1.87. The monoisotopic (exact) mass is 595 g/mol. The molecular formula is C37H33N5O3. The minimum absolute atomic E-state index is 0.117. The van der Waals surface area contributed by atoms with Gasteiger partial charge >= 0.3 is 0 Å². The quantitative estimate of drug-likeness (QED) is 0.173. The number of carbonyl (C=O) groups excluding carboxylic acids is 2. The van der Waals surface area contributed by atoms with E-state index in [0.717, 1.165) is 51.8 Å². The van der Waals surface area contributed by atoms with Crippen LogP contribution in [0.25, 0.3) is 39.1 Å². The van der Waals surface area contributed by atoms with Gasteiger partial charge in [0.25, 0.3) is 5.91 Å². The van der Waals surface area contributed by atoms with Gasteiger partial charge < -0.3 is 16.2 Å². The molecule has 6 aromatic rings. The Hall–Kier alpha value is -5.76. The Kier molecular flexibility index (Phi) is 8.37. The average Bonchev–Trinajstić information content (AvgIpc) is 3.51. The number of pyridine rings is 1. The minimum atomic E-state index is -0.927. The van der Waals surface area contributed by atoms with Crippen LogP contribution in [0, 0.1) is 0 Å². The molecule has 0 aliphatic heterocycles. The van der Waals surface area contributed by atoms with Crippen LogP contribution in [-0.4, -0.2) is 37.7 Å². The standard InChI is InChI=1S/C37H33N5O3/c1-2-6-24-11-15-30(16-12-24)42-35(22-33(41-42)32-21-26-7-3-4-8-29(26)23-39-32)27-9-5-10-28(20-27)37(45)40-34(36(38)44)19-25-13-17-31(43)18-14-25/h3-5,7-18,20-23,34,43H,2,6,19H2,1H3,(H2,38,44)(H,40,45)/t34-/m0/s1. The second-order valence-electron chi connectivity index (χ2n) is 11.0. The normalized spacial score (nSPS) is 11.8. The van der Waals surface area contributed by atoms with Crippen LogP contribution in [0.4, 0.5) is 0 Å². The summed E-state index contributed by atoms with van der Waals surface area (Å²) in [5.41, 5.74) is 11.9. The van der Waals surface area contributed by atoms with Crippen LogP contribution in [-0.2, 0) is 17.6 Å². The molecule has 2 heterocycles. The van der Waals surface area contributed by atoms with Crippen molar-refractivity contribution < 1.29 is 14.7 Å². The number of benzene rings is 4. The fraction of sp³-hybridized carbons (Fsp3) is 0.135. The van der Waals surface area contributed by atoms with Gasteiger partial charge in [-0.3, -0.25) is 14.6 Å². The highest BCUT2D eigenvalue weighted by Crippen LogP contribution is 2.30. The molecule has 0 radical (unpaired) electrons. The van der Waals surface area contributed by atoms with Crippen LogP contribution < -0.4 is 11.1 Å². The molecule has 2 aromatic heterocycles. The number of primary amides is 1. The van der Waals surface area contributed by atoms with Gasteiger partial charge in [-0.2, -0.15) is 5.10 Å². The van der Waals surface area contributed by atoms with Crippen molar-refractivity contribution in [2.24, 2.45) is 5.73 Å². The maximum absolute atomic E-state index is 13.4. The number of aryl methyl sites for hydroxylation is 1. The third kappa shape index (κ3) is 6.60. The van der Waals surface area contributed by atoms with E-state index in [0.29, 0.717) is 11.3 Å².